The van der Waals surface area contributed by atoms with Crippen LogP contribution < -0.4 is 14.8 Å². The molecule has 1 aromatic heterocycles. The number of nitrogens with one attached hydrogen (secondary N) is 1. The standard InChI is InChI=1S/C28H22N2O4/c1-32-24-15-16-26-25(17-24)30-28(34-26)21-7-11-22(12-8-21)29-27(31)20-9-13-23(14-10-20)33-18-19-5-3-2-4-6-19/h2-17H,18H2,1H3,(H,29,31). The van der Waals surface area contributed by atoms with Crippen LogP contribution in [0.4, 0.5) is 5.69 Å². The van der Waals surface area contributed by atoms with Crippen LogP contribution in [-0.4, -0.2) is 18.0 Å². The van der Waals surface area contributed by atoms with E-state index in [4.69, 9.17) is 13.9 Å². The fraction of sp³-hybridized carbons (Fsp3) is 0.0714. The number of anilines is 1. The van der Waals surface area contributed by atoms with Gasteiger partial charge in [0.15, 0.2) is 5.58 Å². The van der Waals surface area contributed by atoms with Crippen molar-refractivity contribution in [1.82, 2.24) is 4.98 Å². The van der Waals surface area contributed by atoms with Gasteiger partial charge >= 0.3 is 0 Å². The van der Waals surface area contributed by atoms with E-state index in [2.05, 4.69) is 10.3 Å². The summed E-state index contributed by atoms with van der Waals surface area (Å²) >= 11 is 0. The Morgan fingerprint density at radius 2 is 1.62 bits per heavy atom. The fourth-order valence-electron chi connectivity index (χ4n) is 3.50. The average molecular weight is 450 g/mol. The van der Waals surface area contributed by atoms with E-state index in [1.54, 1.807) is 31.4 Å². The molecule has 1 N–H and O–H groups in total. The Hall–Kier alpha value is -4.58. The molecule has 5 rings (SSSR count). The summed E-state index contributed by atoms with van der Waals surface area (Å²) in [5, 5.41) is 2.91. The van der Waals surface area contributed by atoms with Gasteiger partial charge in [-0.05, 0) is 66.2 Å². The summed E-state index contributed by atoms with van der Waals surface area (Å²) in [6.45, 7) is 0.479. The summed E-state index contributed by atoms with van der Waals surface area (Å²) in [7, 11) is 1.61. The second-order valence-corrected chi connectivity index (χ2v) is 7.68. The number of aromatic nitrogens is 1. The van der Waals surface area contributed by atoms with E-state index in [9.17, 15) is 4.79 Å². The number of oxazole rings is 1. The van der Waals surface area contributed by atoms with E-state index in [-0.39, 0.29) is 5.91 Å². The summed E-state index contributed by atoms with van der Waals surface area (Å²) in [6, 6.07) is 29.9. The van der Waals surface area contributed by atoms with Crippen LogP contribution in [0.3, 0.4) is 0 Å². The Balaban J connectivity index is 1.22. The zero-order valence-electron chi connectivity index (χ0n) is 18.5. The van der Waals surface area contributed by atoms with Crippen molar-refractivity contribution in [3.63, 3.8) is 0 Å². The van der Waals surface area contributed by atoms with E-state index in [1.807, 2.05) is 72.8 Å². The topological polar surface area (TPSA) is 73.6 Å². The second kappa shape index (κ2) is 9.50. The van der Waals surface area contributed by atoms with Gasteiger partial charge in [0.1, 0.15) is 23.6 Å². The van der Waals surface area contributed by atoms with Crippen LogP contribution >= 0.6 is 0 Å². The average Bonchev–Trinajstić information content (AvgIpc) is 3.32. The van der Waals surface area contributed by atoms with Gasteiger partial charge in [-0.2, -0.15) is 0 Å². The van der Waals surface area contributed by atoms with Gasteiger partial charge in [0.2, 0.25) is 5.89 Å². The van der Waals surface area contributed by atoms with Crippen molar-refractivity contribution in [3.05, 3.63) is 108 Å². The largest absolute Gasteiger partial charge is 0.497 e. The monoisotopic (exact) mass is 450 g/mol. The quantitative estimate of drug-likeness (QED) is 0.313. The van der Waals surface area contributed by atoms with Gasteiger partial charge in [-0.3, -0.25) is 4.79 Å². The Bertz CT molecular complexity index is 1410. The van der Waals surface area contributed by atoms with Gasteiger partial charge in [0.25, 0.3) is 5.91 Å². The molecule has 0 saturated heterocycles. The first-order chi connectivity index (χ1) is 16.7. The SMILES string of the molecule is COc1ccc2oc(-c3ccc(NC(=O)c4ccc(OCc5ccccc5)cc4)cc3)nc2c1. The van der Waals surface area contributed by atoms with Gasteiger partial charge in [-0.15, -0.1) is 0 Å². The zero-order valence-corrected chi connectivity index (χ0v) is 18.5. The second-order valence-electron chi connectivity index (χ2n) is 7.68. The Morgan fingerprint density at radius 3 is 2.35 bits per heavy atom. The number of hydrogen-bond donors (Lipinski definition) is 1. The maximum atomic E-state index is 12.6. The lowest BCUT2D eigenvalue weighted by atomic mass is 10.1. The van der Waals surface area contributed by atoms with E-state index < -0.39 is 0 Å². The number of carbonyl (C=O) groups is 1. The normalized spacial score (nSPS) is 10.7. The van der Waals surface area contributed by atoms with Crippen LogP contribution in [0.15, 0.2) is 101 Å². The molecule has 0 saturated carbocycles. The van der Waals surface area contributed by atoms with Crippen molar-refractivity contribution < 1.29 is 18.7 Å². The van der Waals surface area contributed by atoms with Gasteiger partial charge in [0.05, 0.1) is 7.11 Å². The molecule has 6 nitrogen and oxygen atoms in total. The molecule has 0 aliphatic rings. The van der Waals surface area contributed by atoms with Crippen molar-refractivity contribution in [3.8, 4) is 23.0 Å². The van der Waals surface area contributed by atoms with Crippen LogP contribution in [0.25, 0.3) is 22.6 Å². The molecular formula is C28H22N2O4. The van der Waals surface area contributed by atoms with Crippen LogP contribution in [0, 0.1) is 0 Å². The molecule has 0 atom stereocenters. The van der Waals surface area contributed by atoms with E-state index in [0.717, 1.165) is 22.4 Å². The Morgan fingerprint density at radius 1 is 0.882 bits per heavy atom. The zero-order chi connectivity index (χ0) is 23.3. The molecule has 34 heavy (non-hydrogen) atoms. The number of hydrogen-bond acceptors (Lipinski definition) is 5. The molecule has 0 aliphatic heterocycles. The highest BCUT2D eigenvalue weighted by atomic mass is 16.5. The highest BCUT2D eigenvalue weighted by Gasteiger charge is 2.11. The predicted octanol–water partition coefficient (Wildman–Crippen LogP) is 6.33. The lowest BCUT2D eigenvalue weighted by Crippen LogP contribution is -2.11. The molecule has 0 spiro atoms. The third-order valence-corrected chi connectivity index (χ3v) is 5.35. The highest BCUT2D eigenvalue weighted by molar-refractivity contribution is 6.04. The van der Waals surface area contributed by atoms with Crippen LogP contribution in [0.1, 0.15) is 15.9 Å². The first-order valence-electron chi connectivity index (χ1n) is 10.8. The fourth-order valence-corrected chi connectivity index (χ4v) is 3.50. The maximum Gasteiger partial charge on any atom is 0.255 e. The Labute approximate surface area is 196 Å². The van der Waals surface area contributed by atoms with Crippen molar-refractivity contribution in [1.29, 1.82) is 0 Å². The molecule has 0 fully saturated rings. The smallest absolute Gasteiger partial charge is 0.255 e. The molecule has 4 aromatic carbocycles. The number of carbonyl (C=O) groups excluding carboxylic acids is 1. The minimum absolute atomic E-state index is 0.198. The van der Waals surface area contributed by atoms with Crippen LogP contribution in [-0.2, 0) is 6.61 Å². The summed E-state index contributed by atoms with van der Waals surface area (Å²) in [6.07, 6.45) is 0. The van der Waals surface area contributed by atoms with Gasteiger partial charge in [-0.25, -0.2) is 4.98 Å². The minimum Gasteiger partial charge on any atom is -0.497 e. The van der Waals surface area contributed by atoms with E-state index in [0.29, 0.717) is 35.1 Å². The summed E-state index contributed by atoms with van der Waals surface area (Å²) < 4.78 is 16.9. The van der Waals surface area contributed by atoms with Gasteiger partial charge < -0.3 is 19.2 Å². The molecule has 0 aliphatic carbocycles. The molecule has 0 unspecified atom stereocenters. The Kier molecular flexibility index (Phi) is 5.95. The lowest BCUT2D eigenvalue weighted by molar-refractivity contribution is 0.102. The first-order valence-corrected chi connectivity index (χ1v) is 10.8. The molecule has 0 bridgehead atoms. The van der Waals surface area contributed by atoms with E-state index >= 15 is 0 Å². The van der Waals surface area contributed by atoms with Gasteiger partial charge in [-0.1, -0.05) is 30.3 Å². The molecule has 5 aromatic rings. The molecule has 1 amide bonds. The molecule has 6 heteroatoms. The van der Waals surface area contributed by atoms with Crippen molar-refractivity contribution in [2.24, 2.45) is 0 Å². The van der Waals surface area contributed by atoms with E-state index in [1.165, 1.54) is 0 Å². The van der Waals surface area contributed by atoms with Crippen LogP contribution in [0.5, 0.6) is 11.5 Å². The summed E-state index contributed by atoms with van der Waals surface area (Å²) in [5.41, 5.74) is 4.53. The molecule has 168 valence electrons. The van der Waals surface area contributed by atoms with Crippen molar-refractivity contribution in [2.45, 2.75) is 6.61 Å². The molecular weight excluding hydrogens is 428 g/mol. The summed E-state index contributed by atoms with van der Waals surface area (Å²) in [5.74, 6) is 1.74. The minimum atomic E-state index is -0.198. The number of amides is 1. The number of nitrogens with zero attached hydrogens (tertiary/aromatic N) is 1. The lowest BCUT2D eigenvalue weighted by Gasteiger charge is -2.08. The first kappa shape index (κ1) is 21.3. The third-order valence-electron chi connectivity index (χ3n) is 5.35. The van der Waals surface area contributed by atoms with Crippen LogP contribution in [0.2, 0.25) is 0 Å². The number of rotatable bonds is 7. The molecule has 0 radical (unpaired) electrons. The maximum absolute atomic E-state index is 12.6. The number of methoxy groups -OCH3 is 1. The highest BCUT2D eigenvalue weighted by Crippen LogP contribution is 2.28. The third kappa shape index (κ3) is 4.76. The number of ether oxygens (including phenoxy) is 2. The predicted molar refractivity (Wildman–Crippen MR) is 131 cm³/mol. The van der Waals surface area contributed by atoms with Crippen molar-refractivity contribution in [2.75, 3.05) is 12.4 Å². The number of benzene rings is 4. The molecule has 1 heterocycles. The number of fused-ring (bicyclic) bond motifs is 1. The van der Waals surface area contributed by atoms with Gasteiger partial charge in [0, 0.05) is 22.9 Å². The summed E-state index contributed by atoms with van der Waals surface area (Å²) in [4.78, 5) is 17.2. The van der Waals surface area contributed by atoms with Crippen molar-refractivity contribution >= 4 is 22.7 Å².